The first-order valence-corrected chi connectivity index (χ1v) is 13.0. The van der Waals surface area contributed by atoms with Crippen LogP contribution in [0.25, 0.3) is 0 Å². The van der Waals surface area contributed by atoms with Gasteiger partial charge in [0.15, 0.2) is 9.84 Å². The number of nitrogens with zero attached hydrogens (tertiary/aromatic N) is 2. The van der Waals surface area contributed by atoms with Crippen molar-refractivity contribution in [3.63, 3.8) is 0 Å². The van der Waals surface area contributed by atoms with Crippen LogP contribution >= 0.6 is 0 Å². The smallest absolute Gasteiger partial charge is 0.257 e. The first-order valence-electron chi connectivity index (χ1n) is 11.2. The average Bonchev–Trinajstić information content (AvgIpc) is 3.14. The number of carbonyl (C=O) groups is 2. The number of piperazine rings is 1. The van der Waals surface area contributed by atoms with Gasteiger partial charge in [-0.25, -0.2) is 8.42 Å². The lowest BCUT2D eigenvalue weighted by Gasteiger charge is -2.37. The third kappa shape index (κ3) is 6.19. The highest BCUT2D eigenvalue weighted by atomic mass is 32.2. The maximum Gasteiger partial charge on any atom is 0.257 e. The van der Waals surface area contributed by atoms with E-state index in [1.165, 1.54) is 0 Å². The van der Waals surface area contributed by atoms with Gasteiger partial charge in [0.05, 0.1) is 29.3 Å². The zero-order valence-electron chi connectivity index (χ0n) is 18.8. The molecule has 8 nitrogen and oxygen atoms in total. The molecule has 176 valence electrons. The molecular formula is C24H30N4O4S. The number of hydrogen-bond acceptors (Lipinski definition) is 6. The molecule has 2 saturated heterocycles. The molecule has 2 amide bonds. The van der Waals surface area contributed by atoms with Gasteiger partial charge < -0.3 is 10.6 Å². The lowest BCUT2D eigenvalue weighted by atomic mass is 10.1. The van der Waals surface area contributed by atoms with Crippen molar-refractivity contribution in [2.24, 2.45) is 0 Å². The molecule has 33 heavy (non-hydrogen) atoms. The number of rotatable bonds is 6. The van der Waals surface area contributed by atoms with Crippen LogP contribution in [0.2, 0.25) is 0 Å². The van der Waals surface area contributed by atoms with Crippen molar-refractivity contribution < 1.29 is 18.0 Å². The Kier molecular flexibility index (Phi) is 7.11. The maximum atomic E-state index is 12.8. The second-order valence-electron chi connectivity index (χ2n) is 8.79. The van der Waals surface area contributed by atoms with E-state index in [-0.39, 0.29) is 35.9 Å². The minimum absolute atomic E-state index is 0.102. The molecule has 2 aliphatic rings. The van der Waals surface area contributed by atoms with Crippen LogP contribution in [0.1, 0.15) is 22.3 Å². The van der Waals surface area contributed by atoms with Crippen molar-refractivity contribution in [3.8, 4) is 0 Å². The summed E-state index contributed by atoms with van der Waals surface area (Å²) in [5, 5.41) is 5.76. The number of para-hydroxylation sites is 1. The van der Waals surface area contributed by atoms with E-state index in [9.17, 15) is 18.0 Å². The van der Waals surface area contributed by atoms with E-state index in [4.69, 9.17) is 0 Å². The first kappa shape index (κ1) is 23.4. The van der Waals surface area contributed by atoms with E-state index >= 15 is 0 Å². The van der Waals surface area contributed by atoms with Crippen LogP contribution in [0.3, 0.4) is 0 Å². The third-order valence-electron chi connectivity index (χ3n) is 6.22. The van der Waals surface area contributed by atoms with Gasteiger partial charge in [0.2, 0.25) is 5.91 Å². The predicted octanol–water partition coefficient (Wildman–Crippen LogP) is 1.99. The zero-order chi connectivity index (χ0) is 23.4. The summed E-state index contributed by atoms with van der Waals surface area (Å²) in [6, 6.07) is 14.6. The van der Waals surface area contributed by atoms with Crippen LogP contribution in [0.15, 0.2) is 48.5 Å². The fourth-order valence-corrected chi connectivity index (χ4v) is 6.22. The number of amides is 2. The molecule has 2 aromatic carbocycles. The highest BCUT2D eigenvalue weighted by molar-refractivity contribution is 7.91. The van der Waals surface area contributed by atoms with E-state index in [0.717, 1.165) is 18.7 Å². The summed E-state index contributed by atoms with van der Waals surface area (Å²) >= 11 is 0. The topological polar surface area (TPSA) is 98.8 Å². The monoisotopic (exact) mass is 470 g/mol. The van der Waals surface area contributed by atoms with Crippen LogP contribution in [-0.2, 0) is 14.6 Å². The Balaban J connectivity index is 1.31. The quantitative estimate of drug-likeness (QED) is 0.670. The molecule has 0 unspecified atom stereocenters. The molecule has 2 fully saturated rings. The molecule has 0 bridgehead atoms. The number of anilines is 2. The molecule has 4 rings (SSSR count). The first-order chi connectivity index (χ1) is 15.8. The third-order valence-corrected chi connectivity index (χ3v) is 7.97. The fourth-order valence-electron chi connectivity index (χ4n) is 4.45. The molecule has 0 aromatic heterocycles. The van der Waals surface area contributed by atoms with Gasteiger partial charge in [-0.1, -0.05) is 24.3 Å². The largest absolute Gasteiger partial charge is 0.324 e. The Hall–Kier alpha value is -2.75. The predicted molar refractivity (Wildman–Crippen MR) is 129 cm³/mol. The van der Waals surface area contributed by atoms with Gasteiger partial charge in [-0.05, 0) is 43.2 Å². The number of benzene rings is 2. The SMILES string of the molecule is Cc1cccc(NC(=O)c2ccccc2NC(=O)CN2CCN([C@@H]3CCS(=O)(=O)C3)CC2)c1. The van der Waals surface area contributed by atoms with E-state index in [2.05, 4.69) is 20.4 Å². The summed E-state index contributed by atoms with van der Waals surface area (Å²) in [5.74, 6) is 0.0609. The van der Waals surface area contributed by atoms with Crippen LogP contribution in [0.4, 0.5) is 11.4 Å². The Morgan fingerprint density at radius 2 is 1.76 bits per heavy atom. The summed E-state index contributed by atoms with van der Waals surface area (Å²) in [5.41, 5.74) is 2.63. The van der Waals surface area contributed by atoms with Crippen molar-refractivity contribution >= 4 is 33.0 Å². The van der Waals surface area contributed by atoms with Crippen molar-refractivity contribution in [2.75, 3.05) is 54.9 Å². The second-order valence-corrected chi connectivity index (χ2v) is 11.0. The van der Waals surface area contributed by atoms with Gasteiger partial charge in [0, 0.05) is 37.9 Å². The van der Waals surface area contributed by atoms with Gasteiger partial charge in [0.25, 0.3) is 5.91 Å². The molecule has 2 aromatic rings. The fraction of sp³-hybridized carbons (Fsp3) is 0.417. The highest BCUT2D eigenvalue weighted by Gasteiger charge is 2.33. The molecule has 9 heteroatoms. The lowest BCUT2D eigenvalue weighted by Crippen LogP contribution is -2.52. The molecule has 0 aliphatic carbocycles. The van der Waals surface area contributed by atoms with Crippen molar-refractivity contribution in [3.05, 3.63) is 59.7 Å². The number of carbonyl (C=O) groups excluding carboxylic acids is 2. The Morgan fingerprint density at radius 1 is 1.00 bits per heavy atom. The minimum Gasteiger partial charge on any atom is -0.324 e. The van der Waals surface area contributed by atoms with Gasteiger partial charge in [0.1, 0.15) is 0 Å². The number of aryl methyl sites for hydroxylation is 1. The van der Waals surface area contributed by atoms with E-state index in [0.29, 0.717) is 36.4 Å². The Labute approximate surface area is 194 Å². The summed E-state index contributed by atoms with van der Waals surface area (Å²) in [7, 11) is -2.90. The normalized spacial score (nSPS) is 20.9. The lowest BCUT2D eigenvalue weighted by molar-refractivity contribution is -0.117. The number of nitrogens with one attached hydrogen (secondary N) is 2. The molecule has 1 atom stereocenters. The van der Waals surface area contributed by atoms with Crippen LogP contribution < -0.4 is 10.6 Å². The highest BCUT2D eigenvalue weighted by Crippen LogP contribution is 2.20. The summed E-state index contributed by atoms with van der Waals surface area (Å²) in [6.45, 7) is 5.11. The average molecular weight is 471 g/mol. The van der Waals surface area contributed by atoms with Gasteiger partial charge in [-0.3, -0.25) is 19.4 Å². The van der Waals surface area contributed by atoms with E-state index < -0.39 is 9.84 Å². The molecule has 0 saturated carbocycles. The molecule has 2 aliphatic heterocycles. The zero-order valence-corrected chi connectivity index (χ0v) is 19.6. The van der Waals surface area contributed by atoms with Gasteiger partial charge >= 0.3 is 0 Å². The van der Waals surface area contributed by atoms with E-state index in [1.807, 2.05) is 31.2 Å². The van der Waals surface area contributed by atoms with Crippen molar-refractivity contribution in [1.29, 1.82) is 0 Å². The van der Waals surface area contributed by atoms with Crippen LogP contribution in [0, 0.1) is 6.92 Å². The van der Waals surface area contributed by atoms with Crippen LogP contribution in [-0.4, -0.2) is 80.3 Å². The number of sulfone groups is 1. The van der Waals surface area contributed by atoms with E-state index in [1.54, 1.807) is 24.3 Å². The molecule has 0 radical (unpaired) electrons. The van der Waals surface area contributed by atoms with Gasteiger partial charge in [-0.15, -0.1) is 0 Å². The van der Waals surface area contributed by atoms with Crippen molar-refractivity contribution in [1.82, 2.24) is 9.80 Å². The Morgan fingerprint density at radius 3 is 2.45 bits per heavy atom. The molecule has 2 heterocycles. The number of hydrogen-bond donors (Lipinski definition) is 2. The minimum atomic E-state index is -2.90. The molecule has 2 N–H and O–H groups in total. The second kappa shape index (κ2) is 10.0. The standard InChI is InChI=1S/C24H30N4O4S/c1-18-5-4-6-19(15-18)25-24(30)21-7-2-3-8-22(21)26-23(29)16-27-10-12-28(13-11-27)20-9-14-33(31,32)17-20/h2-8,15,20H,9-14,16-17H2,1H3,(H,25,30)(H,26,29)/t20-/m1/s1. The summed E-state index contributed by atoms with van der Waals surface area (Å²) < 4.78 is 23.5. The maximum absolute atomic E-state index is 12.8. The summed E-state index contributed by atoms with van der Waals surface area (Å²) in [6.07, 6.45) is 0.699. The molecular weight excluding hydrogens is 440 g/mol. The van der Waals surface area contributed by atoms with Gasteiger partial charge in [-0.2, -0.15) is 0 Å². The Bertz CT molecular complexity index is 1130. The van der Waals surface area contributed by atoms with Crippen LogP contribution in [0.5, 0.6) is 0 Å². The molecule has 0 spiro atoms. The summed E-state index contributed by atoms with van der Waals surface area (Å²) in [4.78, 5) is 29.8. The van der Waals surface area contributed by atoms with Crippen molar-refractivity contribution in [2.45, 2.75) is 19.4 Å².